The van der Waals surface area contributed by atoms with Gasteiger partial charge in [-0.1, -0.05) is 48.5 Å². The number of hydrogen-bond donors (Lipinski definition) is 1. The molecule has 7 heteroatoms. The van der Waals surface area contributed by atoms with Crippen LogP contribution < -0.4 is 10.2 Å². The molecule has 0 atom stereocenters. The van der Waals surface area contributed by atoms with Gasteiger partial charge in [-0.3, -0.25) is 4.79 Å². The smallest absolute Gasteiger partial charge is 0.223 e. The number of fused-ring (bicyclic) bond motifs is 1. The van der Waals surface area contributed by atoms with Gasteiger partial charge in [0.2, 0.25) is 5.91 Å². The van der Waals surface area contributed by atoms with E-state index in [9.17, 15) is 4.79 Å². The van der Waals surface area contributed by atoms with Crippen molar-refractivity contribution in [3.05, 3.63) is 77.6 Å². The van der Waals surface area contributed by atoms with Crippen molar-refractivity contribution >= 4 is 22.6 Å². The lowest BCUT2D eigenvalue weighted by Crippen LogP contribution is -2.40. The largest absolute Gasteiger partial charge is 0.353 e. The summed E-state index contributed by atoms with van der Waals surface area (Å²) < 4.78 is 1.97. The van der Waals surface area contributed by atoms with Gasteiger partial charge >= 0.3 is 0 Å². The third kappa shape index (κ3) is 4.18. The lowest BCUT2D eigenvalue weighted by Gasteiger charge is -2.32. The molecule has 0 saturated carbocycles. The van der Waals surface area contributed by atoms with Gasteiger partial charge in [-0.2, -0.15) is 10.2 Å². The number of rotatable bonds is 5. The number of anilines is 1. The molecule has 0 radical (unpaired) electrons. The number of aryl methyl sites for hydroxylation is 2. The summed E-state index contributed by atoms with van der Waals surface area (Å²) in [7, 11) is 0. The van der Waals surface area contributed by atoms with Crippen LogP contribution in [0.4, 0.5) is 5.82 Å². The van der Waals surface area contributed by atoms with E-state index in [4.69, 9.17) is 5.10 Å². The maximum Gasteiger partial charge on any atom is 0.223 e. The highest BCUT2D eigenvalue weighted by molar-refractivity contribution is 5.92. The summed E-state index contributed by atoms with van der Waals surface area (Å²) in [5.41, 5.74) is 4.94. The third-order valence-corrected chi connectivity index (χ3v) is 6.46. The number of hydrogen-bond acceptors (Lipinski definition) is 5. The van der Waals surface area contributed by atoms with Crippen molar-refractivity contribution in [2.75, 3.05) is 18.0 Å². The fourth-order valence-electron chi connectivity index (χ4n) is 4.63. The Bertz CT molecular complexity index is 1260. The molecule has 7 nitrogen and oxygen atoms in total. The van der Waals surface area contributed by atoms with Crippen LogP contribution in [-0.2, 0) is 11.3 Å². The van der Waals surface area contributed by atoms with Crippen LogP contribution in [0.5, 0.6) is 0 Å². The number of benzene rings is 2. The van der Waals surface area contributed by atoms with Crippen LogP contribution in [0.3, 0.4) is 0 Å². The third-order valence-electron chi connectivity index (χ3n) is 6.46. The molecule has 168 valence electrons. The van der Waals surface area contributed by atoms with Crippen molar-refractivity contribution in [1.82, 2.24) is 25.3 Å². The maximum atomic E-state index is 12.7. The normalized spacial score (nSPS) is 14.5. The fraction of sp³-hybridized carbons (Fsp3) is 0.308. The zero-order valence-electron chi connectivity index (χ0n) is 19.0. The van der Waals surface area contributed by atoms with Crippen LogP contribution in [-0.4, -0.2) is 39.0 Å². The van der Waals surface area contributed by atoms with E-state index in [1.807, 2.05) is 72.3 Å². The Balaban J connectivity index is 1.32. The average Bonchev–Trinajstić information content (AvgIpc) is 3.22. The molecule has 5 rings (SSSR count). The van der Waals surface area contributed by atoms with E-state index < -0.39 is 0 Å². The summed E-state index contributed by atoms with van der Waals surface area (Å²) in [5, 5.41) is 18.0. The van der Waals surface area contributed by atoms with Crippen LogP contribution in [0.25, 0.3) is 16.6 Å². The summed E-state index contributed by atoms with van der Waals surface area (Å²) in [6.07, 6.45) is 1.58. The van der Waals surface area contributed by atoms with E-state index >= 15 is 0 Å². The van der Waals surface area contributed by atoms with Crippen LogP contribution in [0.1, 0.15) is 29.8 Å². The topological polar surface area (TPSA) is 75.9 Å². The SMILES string of the molecule is Cc1nnc(N2CCC(C(=O)NCc3ccccc3)CC2)c2nn(-c3ccccc3)c(C)c12. The second kappa shape index (κ2) is 9.02. The minimum absolute atomic E-state index is 0.0162. The molecular weight excluding hydrogens is 412 g/mol. The van der Waals surface area contributed by atoms with Crippen LogP contribution in [0.15, 0.2) is 60.7 Å². The van der Waals surface area contributed by atoms with E-state index in [1.54, 1.807) is 0 Å². The first-order valence-electron chi connectivity index (χ1n) is 11.5. The lowest BCUT2D eigenvalue weighted by atomic mass is 9.95. The summed E-state index contributed by atoms with van der Waals surface area (Å²) in [4.78, 5) is 14.9. The molecule has 1 saturated heterocycles. The zero-order chi connectivity index (χ0) is 22.8. The molecule has 0 aliphatic carbocycles. The number of aromatic nitrogens is 4. The molecule has 33 heavy (non-hydrogen) atoms. The first-order valence-corrected chi connectivity index (χ1v) is 11.5. The van der Waals surface area contributed by atoms with Gasteiger partial charge in [0.25, 0.3) is 0 Å². The highest BCUT2D eigenvalue weighted by Crippen LogP contribution is 2.31. The molecule has 0 spiro atoms. The molecule has 0 unspecified atom stereocenters. The summed E-state index contributed by atoms with van der Waals surface area (Å²) in [5.74, 6) is 0.946. The molecule has 2 aromatic carbocycles. The number of para-hydroxylation sites is 1. The number of piperidine rings is 1. The summed E-state index contributed by atoms with van der Waals surface area (Å²) in [6.45, 7) is 6.14. The summed E-state index contributed by atoms with van der Waals surface area (Å²) >= 11 is 0. The Kier molecular flexibility index (Phi) is 5.77. The Morgan fingerprint density at radius 2 is 1.64 bits per heavy atom. The number of carbonyl (C=O) groups is 1. The molecule has 4 aromatic rings. The molecule has 3 heterocycles. The first-order chi connectivity index (χ1) is 16.1. The van der Waals surface area contributed by atoms with Gasteiger partial charge in [-0.25, -0.2) is 4.68 Å². The zero-order valence-corrected chi connectivity index (χ0v) is 19.0. The standard InChI is InChI=1S/C26H28N6O/c1-18-23-19(2)32(22-11-7-4-8-12-22)30-24(23)25(29-28-18)31-15-13-21(14-16-31)26(33)27-17-20-9-5-3-6-10-20/h3-12,21H,13-17H2,1-2H3,(H,27,33). The van der Waals surface area contributed by atoms with Gasteiger partial charge in [0, 0.05) is 25.6 Å². The van der Waals surface area contributed by atoms with Crippen molar-refractivity contribution < 1.29 is 4.79 Å². The second-order valence-electron chi connectivity index (χ2n) is 8.63. The highest BCUT2D eigenvalue weighted by Gasteiger charge is 2.28. The van der Waals surface area contributed by atoms with Crippen molar-refractivity contribution in [1.29, 1.82) is 0 Å². The number of nitrogens with zero attached hydrogens (tertiary/aromatic N) is 5. The average molecular weight is 441 g/mol. The maximum absolute atomic E-state index is 12.7. The van der Waals surface area contributed by atoms with Crippen LogP contribution in [0, 0.1) is 19.8 Å². The van der Waals surface area contributed by atoms with E-state index in [-0.39, 0.29) is 11.8 Å². The molecule has 1 N–H and O–H groups in total. The molecule has 1 aliphatic heterocycles. The van der Waals surface area contributed by atoms with E-state index in [0.717, 1.165) is 65.3 Å². The van der Waals surface area contributed by atoms with Crippen molar-refractivity contribution in [2.45, 2.75) is 33.2 Å². The Hall–Kier alpha value is -3.74. The number of carbonyl (C=O) groups excluding carboxylic acids is 1. The first kappa shape index (κ1) is 21.1. The highest BCUT2D eigenvalue weighted by atomic mass is 16.1. The van der Waals surface area contributed by atoms with Gasteiger partial charge in [0.1, 0.15) is 5.52 Å². The van der Waals surface area contributed by atoms with Crippen molar-refractivity contribution in [3.8, 4) is 5.69 Å². The Labute approximate surface area is 193 Å². The predicted octanol–water partition coefficient (Wildman–Crippen LogP) is 3.97. The lowest BCUT2D eigenvalue weighted by molar-refractivity contribution is -0.125. The number of amides is 1. The second-order valence-corrected chi connectivity index (χ2v) is 8.63. The van der Waals surface area contributed by atoms with Gasteiger partial charge in [-0.05, 0) is 44.4 Å². The molecular formula is C26H28N6O. The van der Waals surface area contributed by atoms with Gasteiger partial charge in [-0.15, -0.1) is 5.10 Å². The monoisotopic (exact) mass is 440 g/mol. The molecule has 1 amide bonds. The van der Waals surface area contributed by atoms with Crippen molar-refractivity contribution in [3.63, 3.8) is 0 Å². The number of nitrogens with one attached hydrogen (secondary N) is 1. The van der Waals surface area contributed by atoms with E-state index in [1.165, 1.54) is 0 Å². The Morgan fingerprint density at radius 3 is 2.33 bits per heavy atom. The van der Waals surface area contributed by atoms with Crippen LogP contribution in [0.2, 0.25) is 0 Å². The van der Waals surface area contributed by atoms with Crippen LogP contribution >= 0.6 is 0 Å². The van der Waals surface area contributed by atoms with Gasteiger partial charge < -0.3 is 10.2 Å². The van der Waals surface area contributed by atoms with E-state index in [2.05, 4.69) is 27.3 Å². The molecule has 0 bridgehead atoms. The fourth-order valence-corrected chi connectivity index (χ4v) is 4.63. The van der Waals surface area contributed by atoms with E-state index in [0.29, 0.717) is 6.54 Å². The van der Waals surface area contributed by atoms with Crippen molar-refractivity contribution in [2.24, 2.45) is 5.92 Å². The quantitative estimate of drug-likeness (QED) is 0.508. The Morgan fingerprint density at radius 1 is 0.970 bits per heavy atom. The minimum atomic E-state index is 0.0162. The minimum Gasteiger partial charge on any atom is -0.353 e. The van der Waals surface area contributed by atoms with Gasteiger partial charge in [0.05, 0.1) is 22.5 Å². The molecule has 2 aromatic heterocycles. The van der Waals surface area contributed by atoms with Gasteiger partial charge in [0.15, 0.2) is 5.82 Å². The summed E-state index contributed by atoms with van der Waals surface area (Å²) in [6, 6.07) is 20.1. The predicted molar refractivity (Wildman–Crippen MR) is 129 cm³/mol. The molecule has 1 aliphatic rings. The molecule has 1 fully saturated rings.